The summed E-state index contributed by atoms with van der Waals surface area (Å²) in [7, 11) is 0. The standard InChI is InChI=1S/C22H16BrClN4O/c1-14-2-10-18(11-3-14)25-22(29)20-26-21(15-4-8-17(24)9-5-15)28(27-20)19-12-6-16(23)7-13-19/h2-13H,1H3,(H,25,29). The van der Waals surface area contributed by atoms with E-state index >= 15 is 0 Å². The Morgan fingerprint density at radius 2 is 1.62 bits per heavy atom. The number of benzene rings is 3. The number of hydrogen-bond donors (Lipinski definition) is 1. The molecular weight excluding hydrogens is 452 g/mol. The Bertz CT molecular complexity index is 1090. The van der Waals surface area contributed by atoms with E-state index in [0.717, 1.165) is 21.3 Å². The highest BCUT2D eigenvalue weighted by molar-refractivity contribution is 9.10. The predicted molar refractivity (Wildman–Crippen MR) is 119 cm³/mol. The number of halogens is 2. The first-order chi connectivity index (χ1) is 14.0. The van der Waals surface area contributed by atoms with Gasteiger partial charge >= 0.3 is 0 Å². The highest BCUT2D eigenvalue weighted by Crippen LogP contribution is 2.24. The van der Waals surface area contributed by atoms with E-state index in [-0.39, 0.29) is 11.7 Å². The molecule has 0 atom stereocenters. The van der Waals surface area contributed by atoms with Crippen molar-refractivity contribution in [3.05, 3.63) is 93.7 Å². The fourth-order valence-corrected chi connectivity index (χ4v) is 3.17. The Kier molecular flexibility index (Phi) is 5.47. The first-order valence-electron chi connectivity index (χ1n) is 8.86. The molecule has 0 radical (unpaired) electrons. The predicted octanol–water partition coefficient (Wildman–Crippen LogP) is 5.91. The second kappa shape index (κ2) is 8.19. The second-order valence-corrected chi connectivity index (χ2v) is 7.83. The number of aromatic nitrogens is 3. The number of carbonyl (C=O) groups is 1. The number of hydrogen-bond acceptors (Lipinski definition) is 3. The third-order valence-corrected chi connectivity index (χ3v) is 5.07. The zero-order chi connectivity index (χ0) is 20.4. The number of aryl methyl sites for hydroxylation is 1. The van der Waals surface area contributed by atoms with E-state index in [9.17, 15) is 4.79 Å². The highest BCUT2D eigenvalue weighted by atomic mass is 79.9. The zero-order valence-electron chi connectivity index (χ0n) is 15.4. The fourth-order valence-electron chi connectivity index (χ4n) is 2.78. The molecule has 0 aliphatic rings. The van der Waals surface area contributed by atoms with Crippen LogP contribution in [0.2, 0.25) is 5.02 Å². The van der Waals surface area contributed by atoms with Gasteiger partial charge in [0.1, 0.15) is 0 Å². The van der Waals surface area contributed by atoms with Crippen LogP contribution in [-0.2, 0) is 0 Å². The van der Waals surface area contributed by atoms with Crippen LogP contribution < -0.4 is 5.32 Å². The molecule has 0 saturated carbocycles. The minimum atomic E-state index is -0.375. The van der Waals surface area contributed by atoms with Gasteiger partial charge in [-0.25, -0.2) is 9.67 Å². The minimum absolute atomic E-state index is 0.0819. The lowest BCUT2D eigenvalue weighted by Crippen LogP contribution is -2.14. The monoisotopic (exact) mass is 466 g/mol. The molecule has 0 aliphatic heterocycles. The molecule has 5 nitrogen and oxygen atoms in total. The summed E-state index contributed by atoms with van der Waals surface area (Å²) in [6.45, 7) is 1.99. The van der Waals surface area contributed by atoms with Gasteiger partial charge in [0.05, 0.1) is 5.69 Å². The third kappa shape index (κ3) is 4.39. The number of carbonyl (C=O) groups excluding carboxylic acids is 1. The van der Waals surface area contributed by atoms with Gasteiger partial charge < -0.3 is 5.32 Å². The average Bonchev–Trinajstić information content (AvgIpc) is 3.16. The molecule has 0 unspecified atom stereocenters. The summed E-state index contributed by atoms with van der Waals surface area (Å²) in [5.74, 6) is 0.261. The molecule has 4 rings (SSSR count). The van der Waals surface area contributed by atoms with Crippen molar-refractivity contribution in [2.45, 2.75) is 6.92 Å². The van der Waals surface area contributed by atoms with Gasteiger partial charge in [0.25, 0.3) is 5.91 Å². The highest BCUT2D eigenvalue weighted by Gasteiger charge is 2.19. The Labute approximate surface area is 181 Å². The summed E-state index contributed by atoms with van der Waals surface area (Å²) in [5.41, 5.74) is 3.40. The summed E-state index contributed by atoms with van der Waals surface area (Å²) in [6, 6.07) is 22.5. The molecule has 0 fully saturated rings. The topological polar surface area (TPSA) is 59.8 Å². The molecule has 0 spiro atoms. The van der Waals surface area contributed by atoms with Crippen LogP contribution in [-0.4, -0.2) is 20.7 Å². The summed E-state index contributed by atoms with van der Waals surface area (Å²) >= 11 is 9.45. The maximum absolute atomic E-state index is 12.8. The van der Waals surface area contributed by atoms with E-state index in [4.69, 9.17) is 11.6 Å². The molecule has 1 heterocycles. The lowest BCUT2D eigenvalue weighted by atomic mass is 10.2. The van der Waals surface area contributed by atoms with E-state index in [1.54, 1.807) is 16.8 Å². The first-order valence-corrected chi connectivity index (χ1v) is 10.0. The SMILES string of the molecule is Cc1ccc(NC(=O)c2nc(-c3ccc(Cl)cc3)n(-c3ccc(Br)cc3)n2)cc1. The Morgan fingerprint density at radius 3 is 2.28 bits per heavy atom. The van der Waals surface area contributed by atoms with Crippen LogP contribution in [0, 0.1) is 6.92 Å². The molecule has 0 bridgehead atoms. The van der Waals surface area contributed by atoms with Crippen LogP contribution >= 0.6 is 27.5 Å². The van der Waals surface area contributed by atoms with E-state index in [1.807, 2.05) is 67.6 Å². The van der Waals surface area contributed by atoms with Crippen molar-refractivity contribution in [1.29, 1.82) is 0 Å². The molecule has 0 aliphatic carbocycles. The van der Waals surface area contributed by atoms with Crippen molar-refractivity contribution in [3.63, 3.8) is 0 Å². The molecule has 1 amide bonds. The maximum Gasteiger partial charge on any atom is 0.295 e. The van der Waals surface area contributed by atoms with Gasteiger partial charge in [-0.2, -0.15) is 0 Å². The molecule has 4 aromatic rings. The van der Waals surface area contributed by atoms with Gasteiger partial charge in [-0.1, -0.05) is 45.2 Å². The molecular formula is C22H16BrClN4O. The first kappa shape index (κ1) is 19.4. The Morgan fingerprint density at radius 1 is 0.966 bits per heavy atom. The summed E-state index contributed by atoms with van der Waals surface area (Å²) in [5, 5.41) is 7.93. The van der Waals surface area contributed by atoms with Crippen LogP contribution in [0.15, 0.2) is 77.3 Å². The minimum Gasteiger partial charge on any atom is -0.319 e. The third-order valence-electron chi connectivity index (χ3n) is 4.29. The fraction of sp³-hybridized carbons (Fsp3) is 0.0455. The van der Waals surface area contributed by atoms with Gasteiger partial charge in [0.15, 0.2) is 5.82 Å². The number of nitrogens with zero attached hydrogens (tertiary/aromatic N) is 3. The smallest absolute Gasteiger partial charge is 0.295 e. The molecule has 7 heteroatoms. The molecule has 29 heavy (non-hydrogen) atoms. The van der Waals surface area contributed by atoms with Crippen molar-refractivity contribution in [1.82, 2.24) is 14.8 Å². The van der Waals surface area contributed by atoms with E-state index in [2.05, 4.69) is 31.3 Å². The van der Waals surface area contributed by atoms with E-state index in [0.29, 0.717) is 16.5 Å². The van der Waals surface area contributed by atoms with Crippen molar-refractivity contribution in [2.75, 3.05) is 5.32 Å². The lowest BCUT2D eigenvalue weighted by molar-refractivity contribution is 0.101. The zero-order valence-corrected chi connectivity index (χ0v) is 17.8. The van der Waals surface area contributed by atoms with Gasteiger partial charge in [-0.05, 0) is 67.6 Å². The number of amides is 1. The number of rotatable bonds is 4. The molecule has 1 N–H and O–H groups in total. The quantitative estimate of drug-likeness (QED) is 0.406. The Balaban J connectivity index is 1.74. The van der Waals surface area contributed by atoms with Gasteiger partial charge in [0.2, 0.25) is 5.82 Å². The van der Waals surface area contributed by atoms with Gasteiger partial charge in [-0.3, -0.25) is 4.79 Å². The van der Waals surface area contributed by atoms with Gasteiger partial charge in [0, 0.05) is 20.7 Å². The normalized spacial score (nSPS) is 10.7. The van der Waals surface area contributed by atoms with Crippen molar-refractivity contribution < 1.29 is 4.79 Å². The van der Waals surface area contributed by atoms with Crippen molar-refractivity contribution in [3.8, 4) is 17.1 Å². The Hall–Kier alpha value is -2.96. The van der Waals surface area contributed by atoms with Crippen LogP contribution in [0.1, 0.15) is 16.2 Å². The number of nitrogens with one attached hydrogen (secondary N) is 1. The number of anilines is 1. The molecule has 1 aromatic heterocycles. The van der Waals surface area contributed by atoms with Crippen molar-refractivity contribution in [2.24, 2.45) is 0 Å². The van der Waals surface area contributed by atoms with E-state index < -0.39 is 0 Å². The van der Waals surface area contributed by atoms with Gasteiger partial charge in [-0.15, -0.1) is 5.10 Å². The molecule has 144 valence electrons. The average molecular weight is 468 g/mol. The second-order valence-electron chi connectivity index (χ2n) is 6.47. The molecule has 0 saturated heterocycles. The maximum atomic E-state index is 12.8. The lowest BCUT2D eigenvalue weighted by Gasteiger charge is -2.06. The summed E-state index contributed by atoms with van der Waals surface area (Å²) in [6.07, 6.45) is 0. The van der Waals surface area contributed by atoms with Crippen molar-refractivity contribution >= 4 is 39.1 Å². The molecule has 3 aromatic carbocycles. The van der Waals surface area contributed by atoms with Crippen LogP contribution in [0.25, 0.3) is 17.1 Å². The summed E-state index contributed by atoms with van der Waals surface area (Å²) in [4.78, 5) is 17.3. The van der Waals surface area contributed by atoms with Crippen LogP contribution in [0.3, 0.4) is 0 Å². The van der Waals surface area contributed by atoms with Crippen LogP contribution in [0.4, 0.5) is 5.69 Å². The van der Waals surface area contributed by atoms with E-state index in [1.165, 1.54) is 0 Å². The largest absolute Gasteiger partial charge is 0.319 e. The summed E-state index contributed by atoms with van der Waals surface area (Å²) < 4.78 is 2.60. The van der Waals surface area contributed by atoms with Crippen LogP contribution in [0.5, 0.6) is 0 Å².